The van der Waals surface area contributed by atoms with E-state index in [1.54, 1.807) is 0 Å². The highest BCUT2D eigenvalue weighted by Gasteiger charge is 2.43. The molecule has 1 heterocycles. The van der Waals surface area contributed by atoms with Crippen molar-refractivity contribution < 1.29 is 27.9 Å². The number of nitrogens with two attached hydrogens (primary N) is 1. The van der Waals surface area contributed by atoms with Gasteiger partial charge in [-0.1, -0.05) is 67.5 Å². The van der Waals surface area contributed by atoms with Crippen LogP contribution in [-0.4, -0.2) is 53.1 Å². The Kier molecular flexibility index (Phi) is 17.3. The molecule has 0 aliphatic carbocycles. The van der Waals surface area contributed by atoms with Gasteiger partial charge in [-0.15, -0.1) is 0 Å². The molecule has 0 saturated carbocycles. The van der Waals surface area contributed by atoms with Crippen molar-refractivity contribution in [2.45, 2.75) is 175 Å². The van der Waals surface area contributed by atoms with Gasteiger partial charge in [0.2, 0.25) is 0 Å². The average molecular weight is 794 g/mol. The molecule has 46 heavy (non-hydrogen) atoms. The van der Waals surface area contributed by atoms with Gasteiger partial charge in [-0.2, -0.15) is 0 Å². The molecule has 1 aliphatic rings. The molecule has 0 saturated heterocycles. The first-order valence-electron chi connectivity index (χ1n) is 17.4. The third kappa shape index (κ3) is 14.8. The number of hydrogen-bond donors (Lipinski definition) is 1. The van der Waals surface area contributed by atoms with Gasteiger partial charge in [0.1, 0.15) is 12.2 Å². The number of halogens is 1. The maximum absolute atomic E-state index is 13.8. The molecule has 0 aromatic heterocycles. The van der Waals surface area contributed by atoms with E-state index in [0.29, 0.717) is 18.8 Å². The van der Waals surface area contributed by atoms with E-state index >= 15 is 0 Å². The van der Waals surface area contributed by atoms with Gasteiger partial charge in [0.05, 0.1) is 18.1 Å². The first-order chi connectivity index (χ1) is 20.9. The van der Waals surface area contributed by atoms with Gasteiger partial charge in [0.15, 0.2) is 16.6 Å². The van der Waals surface area contributed by atoms with E-state index in [9.17, 15) is 9.59 Å². The number of hydrogen-bond acceptors (Lipinski definition) is 6. The van der Waals surface area contributed by atoms with Crippen molar-refractivity contribution in [3.63, 3.8) is 0 Å². The monoisotopic (exact) mass is 793 g/mol. The van der Waals surface area contributed by atoms with Crippen LogP contribution in [0.15, 0.2) is 21.8 Å². The molecule has 0 bridgehead atoms. The summed E-state index contributed by atoms with van der Waals surface area (Å²) in [7, 11) is -4.38. The summed E-state index contributed by atoms with van der Waals surface area (Å²) >= 11 is 2.29. The maximum Gasteiger partial charge on any atom is 0.404 e. The fraction of sp³-hybridized carbons (Fsp3) is 0.833. The molecule has 1 rings (SSSR count). The smallest absolute Gasteiger partial charge is 0.404 e. The van der Waals surface area contributed by atoms with Crippen molar-refractivity contribution >= 4 is 51.3 Å². The maximum atomic E-state index is 13.8. The van der Waals surface area contributed by atoms with Crippen LogP contribution >= 0.6 is 22.6 Å². The standard InChI is InChI=1S/C36H68INO6Si2/c1-25-18-16-15-17-19-31(43-45(11,12)35(5,6)7)30(42-34(38)40)21-20-26(2)23-32(44-46(13,14)36(8,9)10)28(4)33(39)41-29(22-25)24-27(3)37/h15-16,24-26,28-32H,17-23H2,1-14H3,(H2,38,40)/b16-15+,27-24?/t25-,26-,28-,29-,30-,31-,32+/m0/s1. The molecule has 10 heteroatoms. The largest absolute Gasteiger partial charge is 0.458 e. The van der Waals surface area contributed by atoms with Gasteiger partial charge in [-0.3, -0.25) is 4.79 Å². The van der Waals surface area contributed by atoms with E-state index in [1.807, 2.05) is 13.8 Å². The van der Waals surface area contributed by atoms with Crippen LogP contribution < -0.4 is 5.73 Å². The number of cyclic esters (lactones) is 1. The number of ether oxygens (including phenoxy) is 2. The van der Waals surface area contributed by atoms with Crippen LogP contribution in [-0.2, 0) is 23.1 Å². The van der Waals surface area contributed by atoms with Crippen molar-refractivity contribution in [2.75, 3.05) is 0 Å². The number of primary amides is 1. The predicted octanol–water partition coefficient (Wildman–Crippen LogP) is 10.7. The lowest BCUT2D eigenvalue weighted by Crippen LogP contribution is -2.48. The molecule has 0 aromatic carbocycles. The summed E-state index contributed by atoms with van der Waals surface area (Å²) in [6, 6.07) is 0. The zero-order valence-electron chi connectivity index (χ0n) is 31.6. The Hall–Kier alpha value is -0.696. The Morgan fingerprint density at radius 3 is 1.91 bits per heavy atom. The Morgan fingerprint density at radius 1 is 0.870 bits per heavy atom. The molecule has 1 amide bonds. The minimum Gasteiger partial charge on any atom is -0.458 e. The summed E-state index contributed by atoms with van der Waals surface area (Å²) in [4.78, 5) is 25.9. The molecule has 268 valence electrons. The van der Waals surface area contributed by atoms with Crippen molar-refractivity contribution in [3.8, 4) is 0 Å². The number of esters is 1. The molecule has 0 spiro atoms. The molecule has 0 aromatic rings. The molecule has 0 radical (unpaired) electrons. The Morgan fingerprint density at radius 2 is 1.41 bits per heavy atom. The second-order valence-corrected chi connectivity index (χ2v) is 28.1. The van der Waals surface area contributed by atoms with E-state index in [0.717, 1.165) is 35.7 Å². The van der Waals surface area contributed by atoms with Crippen molar-refractivity contribution in [3.05, 3.63) is 21.8 Å². The second-order valence-electron chi connectivity index (χ2n) is 16.9. The lowest BCUT2D eigenvalue weighted by atomic mass is 9.90. The first kappa shape index (κ1) is 43.3. The SMILES string of the molecule is CC(I)=C[C@@H]1C[C@@H](C)C/C=C/CC[C@H](O[Si](C)(C)C(C)(C)C)[C@@H](OC(N)=O)CC[C@H](C)C[C@@H](O[Si](C)(C)C(C)(C)C)[C@H](C)C(=O)O1. The van der Waals surface area contributed by atoms with Crippen LogP contribution in [0.5, 0.6) is 0 Å². The topological polar surface area (TPSA) is 97.1 Å². The Labute approximate surface area is 298 Å². The highest BCUT2D eigenvalue weighted by molar-refractivity contribution is 14.1. The highest BCUT2D eigenvalue weighted by Crippen LogP contribution is 2.41. The van der Waals surface area contributed by atoms with Gasteiger partial charge in [0.25, 0.3) is 0 Å². The summed E-state index contributed by atoms with van der Waals surface area (Å²) in [5.74, 6) is -0.122. The van der Waals surface area contributed by atoms with Gasteiger partial charge in [-0.05, 0) is 139 Å². The number of rotatable bonds is 6. The summed E-state index contributed by atoms with van der Waals surface area (Å²) in [5.41, 5.74) is 5.63. The number of allylic oxidation sites excluding steroid dienone is 3. The summed E-state index contributed by atoms with van der Waals surface area (Å²) in [6.45, 7) is 30.7. The normalized spacial score (nSPS) is 30.1. The third-order valence-electron chi connectivity index (χ3n) is 10.3. The van der Waals surface area contributed by atoms with E-state index in [-0.39, 0.29) is 40.3 Å². The van der Waals surface area contributed by atoms with Gasteiger partial charge >= 0.3 is 12.1 Å². The van der Waals surface area contributed by atoms with Crippen molar-refractivity contribution in [2.24, 2.45) is 23.5 Å². The zero-order valence-corrected chi connectivity index (χ0v) is 35.8. The van der Waals surface area contributed by atoms with Crippen molar-refractivity contribution in [1.29, 1.82) is 0 Å². The molecule has 2 N–H and O–H groups in total. The fourth-order valence-corrected chi connectivity index (χ4v) is 8.42. The van der Waals surface area contributed by atoms with Gasteiger partial charge in [-0.25, -0.2) is 4.79 Å². The fourth-order valence-electron chi connectivity index (χ4n) is 5.23. The summed E-state index contributed by atoms with van der Waals surface area (Å²) < 4.78 is 27.1. The van der Waals surface area contributed by atoms with Gasteiger partial charge < -0.3 is 24.1 Å². The van der Waals surface area contributed by atoms with Crippen LogP contribution in [0.2, 0.25) is 36.3 Å². The number of carbonyl (C=O) groups is 2. The average Bonchev–Trinajstić information content (AvgIpc) is 2.86. The zero-order chi connectivity index (χ0) is 35.7. The Balaban J connectivity index is 3.56. The highest BCUT2D eigenvalue weighted by atomic mass is 127. The van der Waals surface area contributed by atoms with Crippen LogP contribution in [0.4, 0.5) is 4.79 Å². The molecular weight excluding hydrogens is 725 g/mol. The lowest BCUT2D eigenvalue weighted by Gasteiger charge is -2.42. The number of amides is 1. The van der Waals surface area contributed by atoms with Crippen LogP contribution in [0, 0.1) is 17.8 Å². The van der Waals surface area contributed by atoms with E-state index < -0.39 is 34.7 Å². The predicted molar refractivity (Wildman–Crippen MR) is 205 cm³/mol. The van der Waals surface area contributed by atoms with Crippen LogP contribution in [0.3, 0.4) is 0 Å². The van der Waals surface area contributed by atoms with Gasteiger partial charge in [0, 0.05) is 0 Å². The Bertz CT molecular complexity index is 1030. The molecule has 1 aliphatic heterocycles. The van der Waals surface area contributed by atoms with E-state index in [2.05, 4.69) is 122 Å². The molecule has 7 nitrogen and oxygen atoms in total. The minimum atomic E-state index is -2.20. The van der Waals surface area contributed by atoms with Crippen LogP contribution in [0.1, 0.15) is 114 Å². The lowest BCUT2D eigenvalue weighted by molar-refractivity contribution is -0.155. The summed E-state index contributed by atoms with van der Waals surface area (Å²) in [5, 5.41) is 0.00232. The number of carbonyl (C=O) groups excluding carboxylic acids is 2. The first-order valence-corrected chi connectivity index (χ1v) is 24.3. The third-order valence-corrected chi connectivity index (χ3v) is 19.7. The van der Waals surface area contributed by atoms with Crippen LogP contribution in [0.25, 0.3) is 0 Å². The van der Waals surface area contributed by atoms with E-state index in [4.69, 9.17) is 24.1 Å². The summed E-state index contributed by atoms with van der Waals surface area (Å²) in [6.07, 6.45) is 9.72. The minimum absolute atomic E-state index is 0.00680. The second kappa shape index (κ2) is 18.3. The molecule has 7 atom stereocenters. The molecular formula is C36H68INO6Si2. The van der Waals surface area contributed by atoms with E-state index in [1.165, 1.54) is 0 Å². The quantitative estimate of drug-likeness (QED) is 0.124. The van der Waals surface area contributed by atoms with Crippen molar-refractivity contribution in [1.82, 2.24) is 0 Å². The molecule has 0 fully saturated rings. The molecule has 0 unspecified atom stereocenters.